The molecule has 0 radical (unpaired) electrons. The molecular weight excluding hydrogens is 372 g/mol. The molecule has 26 heavy (non-hydrogen) atoms. The maximum absolute atomic E-state index is 13.0. The number of carbonyl (C=O) groups is 1. The van der Waals surface area contributed by atoms with E-state index in [1.807, 2.05) is 25.1 Å². The lowest BCUT2D eigenvalue weighted by Crippen LogP contribution is -2.26. The molecule has 0 atom stereocenters. The Morgan fingerprint density at radius 2 is 1.85 bits per heavy atom. The molecular formula is C19H19ClN2O3S. The first kappa shape index (κ1) is 18.5. The molecule has 0 fully saturated rings. The fourth-order valence-electron chi connectivity index (χ4n) is 2.73. The second kappa shape index (κ2) is 7.51. The molecule has 1 N–H and O–H groups in total. The minimum absolute atomic E-state index is 0.0727. The summed E-state index contributed by atoms with van der Waals surface area (Å²) in [6, 6.07) is 14.2. The van der Waals surface area contributed by atoms with Gasteiger partial charge in [-0.25, -0.2) is 12.4 Å². The number of halogens is 1. The number of hydrogen-bond donors (Lipinski definition) is 1. The molecule has 1 heterocycles. The van der Waals surface area contributed by atoms with Gasteiger partial charge in [-0.1, -0.05) is 29.8 Å². The van der Waals surface area contributed by atoms with Gasteiger partial charge in [0.2, 0.25) is 5.91 Å². The summed E-state index contributed by atoms with van der Waals surface area (Å²) in [4.78, 5) is 11.5. The Hall–Kier alpha value is -2.31. The molecule has 1 amide bonds. The van der Waals surface area contributed by atoms with Crippen LogP contribution in [-0.4, -0.2) is 30.7 Å². The molecule has 7 heteroatoms. The van der Waals surface area contributed by atoms with Crippen LogP contribution in [0.3, 0.4) is 0 Å². The van der Waals surface area contributed by atoms with Gasteiger partial charge in [-0.3, -0.25) is 4.79 Å². The fraction of sp³-hybridized carbons (Fsp3) is 0.211. The van der Waals surface area contributed by atoms with Crippen LogP contribution in [0, 0.1) is 6.92 Å². The number of fused-ring (bicyclic) bond motifs is 1. The Balaban J connectivity index is 1.92. The number of carbonyl (C=O) groups excluding carboxylic acids is 1. The van der Waals surface area contributed by atoms with Crippen LogP contribution in [0.25, 0.3) is 10.9 Å². The predicted octanol–water partition coefficient (Wildman–Crippen LogP) is 3.08. The van der Waals surface area contributed by atoms with E-state index in [-0.39, 0.29) is 16.7 Å². The normalized spacial score (nSPS) is 11.6. The summed E-state index contributed by atoms with van der Waals surface area (Å²) < 4.78 is 27.2. The summed E-state index contributed by atoms with van der Waals surface area (Å²) in [6.45, 7) is 2.36. The van der Waals surface area contributed by atoms with Crippen molar-refractivity contribution in [3.63, 3.8) is 0 Å². The summed E-state index contributed by atoms with van der Waals surface area (Å²) >= 11 is 5.45. The van der Waals surface area contributed by atoms with Gasteiger partial charge in [0, 0.05) is 18.1 Å². The van der Waals surface area contributed by atoms with E-state index in [9.17, 15) is 13.2 Å². The maximum atomic E-state index is 13.0. The summed E-state index contributed by atoms with van der Waals surface area (Å²) in [5.74, 6) is -0.297. The highest BCUT2D eigenvalue weighted by Crippen LogP contribution is 2.23. The van der Waals surface area contributed by atoms with Crippen molar-refractivity contribution in [1.29, 1.82) is 0 Å². The Kier molecular flexibility index (Phi) is 5.34. The van der Waals surface area contributed by atoms with Gasteiger partial charge in [-0.2, -0.15) is 0 Å². The van der Waals surface area contributed by atoms with E-state index in [1.165, 1.54) is 3.97 Å². The molecule has 0 bridgehead atoms. The Morgan fingerprint density at radius 1 is 1.12 bits per heavy atom. The summed E-state index contributed by atoms with van der Waals surface area (Å²) in [5, 5.41) is 3.54. The van der Waals surface area contributed by atoms with Gasteiger partial charge < -0.3 is 5.32 Å². The van der Waals surface area contributed by atoms with E-state index in [4.69, 9.17) is 11.6 Å². The summed E-state index contributed by atoms with van der Waals surface area (Å²) in [5.41, 5.74) is 2.56. The number of alkyl halides is 1. The van der Waals surface area contributed by atoms with Gasteiger partial charge in [-0.05, 0) is 43.2 Å². The van der Waals surface area contributed by atoms with Crippen LogP contribution >= 0.6 is 11.6 Å². The van der Waals surface area contributed by atoms with Crippen LogP contribution in [0.15, 0.2) is 59.6 Å². The van der Waals surface area contributed by atoms with Crippen molar-refractivity contribution in [3.8, 4) is 0 Å². The number of amides is 1. The van der Waals surface area contributed by atoms with Gasteiger partial charge in [0.15, 0.2) is 0 Å². The summed E-state index contributed by atoms with van der Waals surface area (Å²) in [6.07, 6.45) is 2.16. The number of hydrogen-bond acceptors (Lipinski definition) is 3. The molecule has 0 aliphatic rings. The zero-order valence-corrected chi connectivity index (χ0v) is 15.8. The SMILES string of the molecule is Cc1ccc(S(=O)(=O)n2ccc3ccc(CCNC(=O)CCl)cc32)cc1. The molecule has 0 aliphatic carbocycles. The quantitative estimate of drug-likeness (QED) is 0.657. The molecule has 3 rings (SSSR count). The Morgan fingerprint density at radius 3 is 2.54 bits per heavy atom. The first-order valence-corrected chi connectivity index (χ1v) is 10.1. The minimum Gasteiger partial charge on any atom is -0.355 e. The lowest BCUT2D eigenvalue weighted by molar-refractivity contribution is -0.118. The smallest absolute Gasteiger partial charge is 0.268 e. The Labute approximate surface area is 157 Å². The van der Waals surface area contributed by atoms with Crippen LogP contribution in [0.5, 0.6) is 0 Å². The van der Waals surface area contributed by atoms with Gasteiger partial charge in [-0.15, -0.1) is 11.6 Å². The van der Waals surface area contributed by atoms with Crippen LogP contribution in [-0.2, 0) is 21.2 Å². The number of nitrogens with one attached hydrogen (secondary N) is 1. The molecule has 0 spiro atoms. The lowest BCUT2D eigenvalue weighted by atomic mass is 10.1. The van der Waals surface area contributed by atoms with Crippen molar-refractivity contribution < 1.29 is 13.2 Å². The predicted molar refractivity (Wildman–Crippen MR) is 103 cm³/mol. The van der Waals surface area contributed by atoms with E-state index in [1.54, 1.807) is 36.5 Å². The number of rotatable bonds is 6. The van der Waals surface area contributed by atoms with Crippen LogP contribution < -0.4 is 5.32 Å². The largest absolute Gasteiger partial charge is 0.355 e. The molecule has 1 aromatic heterocycles. The Bertz CT molecular complexity index is 1040. The fourth-order valence-corrected chi connectivity index (χ4v) is 4.17. The molecule has 0 saturated carbocycles. The highest BCUT2D eigenvalue weighted by Gasteiger charge is 2.18. The molecule has 3 aromatic rings. The summed E-state index contributed by atoms with van der Waals surface area (Å²) in [7, 11) is -3.66. The molecule has 0 saturated heterocycles. The zero-order valence-electron chi connectivity index (χ0n) is 14.3. The number of benzene rings is 2. The molecule has 2 aromatic carbocycles. The highest BCUT2D eigenvalue weighted by atomic mass is 35.5. The van der Waals surface area contributed by atoms with Gasteiger partial charge >= 0.3 is 0 Å². The molecule has 5 nitrogen and oxygen atoms in total. The van der Waals surface area contributed by atoms with Crippen molar-refractivity contribution in [2.24, 2.45) is 0 Å². The second-order valence-electron chi connectivity index (χ2n) is 6.06. The van der Waals surface area contributed by atoms with Crippen LogP contribution in [0.1, 0.15) is 11.1 Å². The third-order valence-corrected chi connectivity index (χ3v) is 6.10. The number of aromatic nitrogens is 1. The van der Waals surface area contributed by atoms with Crippen molar-refractivity contribution in [3.05, 3.63) is 65.9 Å². The van der Waals surface area contributed by atoms with Crippen molar-refractivity contribution >= 4 is 38.4 Å². The molecule has 136 valence electrons. The first-order chi connectivity index (χ1) is 12.4. The zero-order chi connectivity index (χ0) is 18.7. The van der Waals surface area contributed by atoms with Crippen LogP contribution in [0.4, 0.5) is 0 Å². The third-order valence-electron chi connectivity index (χ3n) is 4.16. The third kappa shape index (κ3) is 3.76. The van der Waals surface area contributed by atoms with E-state index in [0.29, 0.717) is 18.5 Å². The van der Waals surface area contributed by atoms with Gasteiger partial charge in [0.1, 0.15) is 5.88 Å². The van der Waals surface area contributed by atoms with Crippen LogP contribution in [0.2, 0.25) is 0 Å². The molecule has 0 unspecified atom stereocenters. The van der Waals surface area contributed by atoms with Gasteiger partial charge in [0.25, 0.3) is 10.0 Å². The van der Waals surface area contributed by atoms with Crippen molar-refractivity contribution in [2.75, 3.05) is 12.4 Å². The van der Waals surface area contributed by atoms with E-state index >= 15 is 0 Å². The number of nitrogens with zero attached hydrogens (tertiary/aromatic N) is 1. The van der Waals surface area contributed by atoms with Crippen molar-refractivity contribution in [2.45, 2.75) is 18.2 Å². The average molecular weight is 391 g/mol. The first-order valence-electron chi connectivity index (χ1n) is 8.17. The lowest BCUT2D eigenvalue weighted by Gasteiger charge is -2.09. The molecule has 0 aliphatic heterocycles. The van der Waals surface area contributed by atoms with E-state index in [2.05, 4.69) is 5.32 Å². The minimum atomic E-state index is -3.66. The van der Waals surface area contributed by atoms with E-state index < -0.39 is 10.0 Å². The van der Waals surface area contributed by atoms with E-state index in [0.717, 1.165) is 16.5 Å². The standard InChI is InChI=1S/C19H19ClN2O3S/c1-14-2-6-17(7-3-14)26(24,25)22-11-9-16-5-4-15(12-18(16)22)8-10-21-19(23)13-20/h2-7,9,11-12H,8,10,13H2,1H3,(H,21,23). The maximum Gasteiger partial charge on any atom is 0.268 e. The highest BCUT2D eigenvalue weighted by molar-refractivity contribution is 7.90. The second-order valence-corrected chi connectivity index (χ2v) is 8.14. The average Bonchev–Trinajstić information content (AvgIpc) is 3.06. The van der Waals surface area contributed by atoms with Crippen molar-refractivity contribution in [1.82, 2.24) is 9.29 Å². The van der Waals surface area contributed by atoms with Gasteiger partial charge in [0.05, 0.1) is 10.4 Å². The monoisotopic (exact) mass is 390 g/mol. The topological polar surface area (TPSA) is 68.2 Å². The number of aryl methyl sites for hydroxylation is 1.